The molecule has 5 heteroatoms. The number of hydrogen-bond acceptors (Lipinski definition) is 3. The van der Waals surface area contributed by atoms with Crippen LogP contribution in [0.3, 0.4) is 0 Å². The van der Waals surface area contributed by atoms with Crippen LogP contribution in [-0.2, 0) is 0 Å². The highest BCUT2D eigenvalue weighted by molar-refractivity contribution is 9.10. The Bertz CT molecular complexity index is 1130. The van der Waals surface area contributed by atoms with Gasteiger partial charge in [-0.2, -0.15) is 0 Å². The Kier molecular flexibility index (Phi) is 4.06. The van der Waals surface area contributed by atoms with E-state index >= 15 is 0 Å². The van der Waals surface area contributed by atoms with E-state index < -0.39 is 0 Å². The summed E-state index contributed by atoms with van der Waals surface area (Å²) in [6.45, 7) is 4.03. The number of aromatic nitrogens is 1. The molecule has 0 fully saturated rings. The van der Waals surface area contributed by atoms with Gasteiger partial charge >= 0.3 is 0 Å². The van der Waals surface area contributed by atoms with Crippen molar-refractivity contribution in [2.45, 2.75) is 13.8 Å². The van der Waals surface area contributed by atoms with Crippen molar-refractivity contribution in [3.05, 3.63) is 69.0 Å². The molecule has 0 atom stereocenters. The number of amides is 1. The maximum absolute atomic E-state index is 12.6. The molecule has 2 aromatic carbocycles. The number of pyridine rings is 1. The number of anilines is 1. The molecular formula is C20H15BrN2OS. The van der Waals surface area contributed by atoms with Crippen LogP contribution in [0.15, 0.2) is 53.0 Å². The summed E-state index contributed by atoms with van der Waals surface area (Å²) in [4.78, 5) is 18.9. The summed E-state index contributed by atoms with van der Waals surface area (Å²) in [6.07, 6.45) is 0. The van der Waals surface area contributed by atoms with Gasteiger partial charge in [0.1, 0.15) is 4.83 Å². The molecule has 4 aromatic rings. The molecule has 124 valence electrons. The van der Waals surface area contributed by atoms with Gasteiger partial charge in [0.25, 0.3) is 5.91 Å². The topological polar surface area (TPSA) is 42.0 Å². The fourth-order valence-corrected chi connectivity index (χ4v) is 4.19. The number of nitrogens with zero attached hydrogens (tertiary/aromatic N) is 1. The Balaban J connectivity index is 1.70. The van der Waals surface area contributed by atoms with Gasteiger partial charge in [0.15, 0.2) is 0 Å². The van der Waals surface area contributed by atoms with Crippen molar-refractivity contribution in [2.24, 2.45) is 0 Å². The number of hydrogen-bond donors (Lipinski definition) is 1. The minimum Gasteiger partial charge on any atom is -0.321 e. The van der Waals surface area contributed by atoms with E-state index in [-0.39, 0.29) is 5.91 Å². The lowest BCUT2D eigenvalue weighted by atomic mass is 10.1. The normalized spacial score (nSPS) is 11.2. The summed E-state index contributed by atoms with van der Waals surface area (Å²) < 4.78 is 0.996. The van der Waals surface area contributed by atoms with Crippen molar-refractivity contribution >= 4 is 60.0 Å². The van der Waals surface area contributed by atoms with E-state index in [1.165, 1.54) is 16.9 Å². The SMILES string of the molecule is Cc1ccc2cc3cc(C(=O)Nc4ccc(Br)cc4C)sc3nc2c1. The molecule has 0 saturated carbocycles. The molecule has 1 N–H and O–H groups in total. The predicted molar refractivity (Wildman–Crippen MR) is 109 cm³/mol. The Labute approximate surface area is 157 Å². The number of benzene rings is 2. The lowest BCUT2D eigenvalue weighted by Crippen LogP contribution is -2.10. The van der Waals surface area contributed by atoms with Gasteiger partial charge in [-0.3, -0.25) is 4.79 Å². The van der Waals surface area contributed by atoms with Crippen LogP contribution in [0.5, 0.6) is 0 Å². The van der Waals surface area contributed by atoms with Crippen LogP contribution < -0.4 is 5.32 Å². The van der Waals surface area contributed by atoms with E-state index in [9.17, 15) is 4.79 Å². The standard InChI is InChI=1S/C20H15BrN2OS/c1-11-3-4-13-9-14-10-18(25-20(14)23-17(13)7-11)19(24)22-16-6-5-15(21)8-12(16)2/h3-10H,1-2H3,(H,22,24). The number of fused-ring (bicyclic) bond motifs is 2. The number of rotatable bonds is 2. The van der Waals surface area contributed by atoms with Crippen LogP contribution in [-0.4, -0.2) is 10.9 Å². The number of carbonyl (C=O) groups is 1. The molecule has 0 spiro atoms. The van der Waals surface area contributed by atoms with Gasteiger partial charge in [0.2, 0.25) is 0 Å². The second-order valence-corrected chi connectivity index (χ2v) is 8.05. The van der Waals surface area contributed by atoms with Crippen LogP contribution in [0.25, 0.3) is 21.1 Å². The fourth-order valence-electron chi connectivity index (χ4n) is 2.80. The van der Waals surface area contributed by atoms with Crippen LogP contribution in [0.1, 0.15) is 20.8 Å². The third-order valence-electron chi connectivity index (χ3n) is 4.12. The Morgan fingerprint density at radius 3 is 2.68 bits per heavy atom. The quantitative estimate of drug-likeness (QED) is 0.434. The van der Waals surface area contributed by atoms with E-state index in [1.807, 2.05) is 31.2 Å². The lowest BCUT2D eigenvalue weighted by molar-refractivity contribution is 0.103. The molecule has 0 saturated heterocycles. The summed E-state index contributed by atoms with van der Waals surface area (Å²) >= 11 is 4.86. The molecule has 0 aliphatic rings. The number of halogens is 1. The zero-order valence-electron chi connectivity index (χ0n) is 13.8. The molecule has 2 aromatic heterocycles. The highest BCUT2D eigenvalue weighted by Gasteiger charge is 2.13. The third-order valence-corrected chi connectivity index (χ3v) is 5.66. The number of thiophene rings is 1. The molecule has 0 radical (unpaired) electrons. The van der Waals surface area contributed by atoms with Crippen molar-refractivity contribution < 1.29 is 4.79 Å². The molecule has 0 aliphatic heterocycles. The van der Waals surface area contributed by atoms with Gasteiger partial charge in [-0.15, -0.1) is 11.3 Å². The average Bonchev–Trinajstić information content (AvgIpc) is 2.98. The average molecular weight is 411 g/mol. The summed E-state index contributed by atoms with van der Waals surface area (Å²) in [7, 11) is 0. The molecule has 1 amide bonds. The zero-order chi connectivity index (χ0) is 17.6. The molecule has 25 heavy (non-hydrogen) atoms. The maximum Gasteiger partial charge on any atom is 0.265 e. The predicted octanol–water partition coefficient (Wildman–Crippen LogP) is 6.08. The molecule has 0 unspecified atom stereocenters. The third kappa shape index (κ3) is 3.17. The Hall–Kier alpha value is -2.24. The molecule has 3 nitrogen and oxygen atoms in total. The molecule has 2 heterocycles. The summed E-state index contributed by atoms with van der Waals surface area (Å²) in [6, 6.07) is 16.0. The number of carbonyl (C=O) groups excluding carboxylic acids is 1. The van der Waals surface area contributed by atoms with Gasteiger partial charge in [-0.05, 0) is 61.4 Å². The molecular weight excluding hydrogens is 396 g/mol. The van der Waals surface area contributed by atoms with Gasteiger partial charge in [0.05, 0.1) is 10.4 Å². The Morgan fingerprint density at radius 1 is 1.04 bits per heavy atom. The van der Waals surface area contributed by atoms with Crippen LogP contribution >= 0.6 is 27.3 Å². The van der Waals surface area contributed by atoms with Crippen molar-refractivity contribution in [1.29, 1.82) is 0 Å². The first-order valence-corrected chi connectivity index (χ1v) is 9.49. The molecule has 4 rings (SSSR count). The largest absolute Gasteiger partial charge is 0.321 e. The summed E-state index contributed by atoms with van der Waals surface area (Å²) in [5.74, 6) is -0.103. The highest BCUT2D eigenvalue weighted by Crippen LogP contribution is 2.29. The summed E-state index contributed by atoms with van der Waals surface area (Å²) in [5.41, 5.74) is 3.98. The monoisotopic (exact) mass is 410 g/mol. The van der Waals surface area contributed by atoms with Crippen molar-refractivity contribution in [2.75, 3.05) is 5.32 Å². The van der Waals surface area contributed by atoms with Crippen LogP contribution in [0.2, 0.25) is 0 Å². The van der Waals surface area contributed by atoms with Crippen LogP contribution in [0, 0.1) is 13.8 Å². The highest BCUT2D eigenvalue weighted by atomic mass is 79.9. The molecule has 0 bridgehead atoms. The van der Waals surface area contributed by atoms with Crippen molar-refractivity contribution in [3.63, 3.8) is 0 Å². The van der Waals surface area contributed by atoms with E-state index in [2.05, 4.69) is 52.4 Å². The maximum atomic E-state index is 12.6. The first-order chi connectivity index (χ1) is 12.0. The minimum atomic E-state index is -0.103. The lowest BCUT2D eigenvalue weighted by Gasteiger charge is -2.07. The molecule has 0 aliphatic carbocycles. The van der Waals surface area contributed by atoms with Gasteiger partial charge in [-0.1, -0.05) is 28.1 Å². The van der Waals surface area contributed by atoms with E-state index in [0.717, 1.165) is 36.8 Å². The van der Waals surface area contributed by atoms with Gasteiger partial charge in [-0.25, -0.2) is 4.98 Å². The van der Waals surface area contributed by atoms with Crippen molar-refractivity contribution in [1.82, 2.24) is 4.98 Å². The van der Waals surface area contributed by atoms with Crippen LogP contribution in [0.4, 0.5) is 5.69 Å². The van der Waals surface area contributed by atoms with Gasteiger partial charge in [0, 0.05) is 20.9 Å². The van der Waals surface area contributed by atoms with E-state index in [1.54, 1.807) is 0 Å². The van der Waals surface area contributed by atoms with Crippen molar-refractivity contribution in [3.8, 4) is 0 Å². The summed E-state index contributed by atoms with van der Waals surface area (Å²) in [5, 5.41) is 5.08. The second kappa shape index (κ2) is 6.24. The first kappa shape index (κ1) is 16.2. The zero-order valence-corrected chi connectivity index (χ0v) is 16.2. The van der Waals surface area contributed by atoms with E-state index in [4.69, 9.17) is 4.98 Å². The second-order valence-electron chi connectivity index (χ2n) is 6.10. The fraction of sp³-hybridized carbons (Fsp3) is 0.100. The minimum absolute atomic E-state index is 0.103. The van der Waals surface area contributed by atoms with Gasteiger partial charge < -0.3 is 5.32 Å². The first-order valence-electron chi connectivity index (χ1n) is 7.88. The van der Waals surface area contributed by atoms with E-state index in [0.29, 0.717) is 4.88 Å². The number of nitrogens with one attached hydrogen (secondary N) is 1. The number of aryl methyl sites for hydroxylation is 2. The Morgan fingerprint density at radius 2 is 1.88 bits per heavy atom. The smallest absolute Gasteiger partial charge is 0.265 e.